The van der Waals surface area contributed by atoms with Gasteiger partial charge in [0.2, 0.25) is 0 Å². The summed E-state index contributed by atoms with van der Waals surface area (Å²) in [5, 5.41) is 9.86. The summed E-state index contributed by atoms with van der Waals surface area (Å²) in [5.74, 6) is -1.21. The van der Waals surface area contributed by atoms with Crippen molar-refractivity contribution in [3.63, 3.8) is 0 Å². The highest BCUT2D eigenvalue weighted by molar-refractivity contribution is 7.81. The van der Waals surface area contributed by atoms with Crippen LogP contribution in [0.1, 0.15) is 15.2 Å². The number of aliphatic carboxylic acids is 1. The number of carbonyl (C=O) groups excluding carboxylic acids is 1. The van der Waals surface area contributed by atoms with Gasteiger partial charge in [-0.3, -0.25) is 4.79 Å². The number of esters is 1. The van der Waals surface area contributed by atoms with E-state index in [9.17, 15) is 9.59 Å². The maximum atomic E-state index is 11.0. The molecule has 7 heteroatoms. The Morgan fingerprint density at radius 3 is 2.45 bits per heavy atom. The number of carboxylic acid groups (broad SMARTS) is 1. The fourth-order valence-corrected chi connectivity index (χ4v) is 2.79. The Morgan fingerprint density at radius 2 is 1.95 bits per heavy atom. The van der Waals surface area contributed by atoms with E-state index in [1.807, 2.05) is 23.6 Å². The van der Waals surface area contributed by atoms with Gasteiger partial charge >= 0.3 is 11.9 Å². The lowest BCUT2D eigenvalue weighted by molar-refractivity contribution is -0.136. The largest absolute Gasteiger partial charge is 0.480 e. The number of ether oxygens (including phenoxy) is 1. The van der Waals surface area contributed by atoms with Crippen LogP contribution in [0.15, 0.2) is 46.7 Å². The normalized spacial score (nSPS) is 11.0. The molecule has 118 valence electrons. The van der Waals surface area contributed by atoms with E-state index in [0.29, 0.717) is 16.9 Å². The van der Waals surface area contributed by atoms with Crippen LogP contribution in [-0.2, 0) is 16.0 Å². The van der Waals surface area contributed by atoms with Gasteiger partial charge in [-0.15, -0.1) is 24.0 Å². The number of carbonyl (C=O) groups is 2. The van der Waals surface area contributed by atoms with E-state index in [-0.39, 0.29) is 5.97 Å². The molecule has 1 unspecified atom stereocenters. The molecule has 1 N–H and O–H groups in total. The van der Waals surface area contributed by atoms with Crippen LogP contribution in [0.3, 0.4) is 0 Å². The maximum absolute atomic E-state index is 11.0. The highest BCUT2D eigenvalue weighted by Gasteiger charge is 2.12. The molecular formula is C15H16O4S3. The predicted molar refractivity (Wildman–Crippen MR) is 93.5 cm³/mol. The minimum Gasteiger partial charge on any atom is -0.480 e. The fraction of sp³-hybridized carbons (Fsp3) is 0.200. The third kappa shape index (κ3) is 6.13. The third-order valence-electron chi connectivity index (χ3n) is 2.57. The molecule has 0 saturated carbocycles. The van der Waals surface area contributed by atoms with Crippen LogP contribution in [0.4, 0.5) is 0 Å². The van der Waals surface area contributed by atoms with Crippen molar-refractivity contribution in [3.05, 3.63) is 52.2 Å². The van der Waals surface area contributed by atoms with Crippen LogP contribution in [0.25, 0.3) is 0 Å². The van der Waals surface area contributed by atoms with E-state index >= 15 is 0 Å². The molecule has 0 spiro atoms. The van der Waals surface area contributed by atoms with Crippen molar-refractivity contribution in [1.82, 2.24) is 0 Å². The lowest BCUT2D eigenvalue weighted by Gasteiger charge is -2.00. The second-order valence-electron chi connectivity index (χ2n) is 4.15. The average molecular weight is 356 g/mol. The van der Waals surface area contributed by atoms with Gasteiger partial charge in [0, 0.05) is 16.2 Å². The molecule has 0 amide bonds. The van der Waals surface area contributed by atoms with Crippen LogP contribution in [0.2, 0.25) is 0 Å². The summed E-state index contributed by atoms with van der Waals surface area (Å²) >= 11 is 9.57. The van der Waals surface area contributed by atoms with Crippen molar-refractivity contribution < 1.29 is 19.4 Å². The van der Waals surface area contributed by atoms with Crippen molar-refractivity contribution in [2.45, 2.75) is 16.6 Å². The molecule has 0 aliphatic carbocycles. The monoisotopic (exact) mass is 356 g/mol. The Morgan fingerprint density at radius 1 is 1.27 bits per heavy atom. The molecule has 1 aromatic heterocycles. The lowest BCUT2D eigenvalue weighted by atomic mass is 10.2. The zero-order valence-electron chi connectivity index (χ0n) is 11.8. The first kappa shape index (κ1) is 18.6. The molecule has 22 heavy (non-hydrogen) atoms. The first-order valence-electron chi connectivity index (χ1n) is 6.25. The quantitative estimate of drug-likeness (QED) is 0.580. The molecule has 2 rings (SSSR count). The summed E-state index contributed by atoms with van der Waals surface area (Å²) in [6.07, 6.45) is 0.510. The Bertz CT molecular complexity index is 611. The van der Waals surface area contributed by atoms with Gasteiger partial charge in [0.1, 0.15) is 5.25 Å². The number of thiol groups is 2. The first-order chi connectivity index (χ1) is 10.5. The molecular weight excluding hydrogens is 340 g/mol. The van der Waals surface area contributed by atoms with Gasteiger partial charge in [-0.25, -0.2) is 4.79 Å². The Balaban J connectivity index is 0.000000220. The Kier molecular flexibility index (Phi) is 8.08. The predicted octanol–water partition coefficient (Wildman–Crippen LogP) is 3.44. The highest BCUT2D eigenvalue weighted by atomic mass is 32.1. The molecule has 0 aliphatic heterocycles. The number of methoxy groups -OCH3 is 1. The van der Waals surface area contributed by atoms with Gasteiger partial charge in [0.05, 0.1) is 12.7 Å². The fourth-order valence-electron chi connectivity index (χ4n) is 1.46. The van der Waals surface area contributed by atoms with Crippen molar-refractivity contribution in [3.8, 4) is 0 Å². The summed E-state index contributed by atoms with van der Waals surface area (Å²) in [7, 11) is 1.35. The number of hydrogen-bond acceptors (Lipinski definition) is 6. The van der Waals surface area contributed by atoms with Gasteiger partial charge in [0.25, 0.3) is 0 Å². The molecule has 0 aliphatic rings. The van der Waals surface area contributed by atoms with Crippen LogP contribution in [0.5, 0.6) is 0 Å². The van der Waals surface area contributed by atoms with E-state index in [4.69, 9.17) is 5.11 Å². The van der Waals surface area contributed by atoms with Crippen molar-refractivity contribution >= 4 is 48.5 Å². The van der Waals surface area contributed by atoms with Crippen LogP contribution < -0.4 is 0 Å². The van der Waals surface area contributed by atoms with Gasteiger partial charge in [-0.1, -0.05) is 18.2 Å². The third-order valence-corrected chi connectivity index (χ3v) is 4.26. The molecule has 1 aromatic carbocycles. The van der Waals surface area contributed by atoms with Crippen molar-refractivity contribution in [1.29, 1.82) is 0 Å². The van der Waals surface area contributed by atoms with Crippen LogP contribution >= 0.6 is 36.6 Å². The molecule has 1 atom stereocenters. The van der Waals surface area contributed by atoms with Gasteiger partial charge in [0.15, 0.2) is 0 Å². The summed E-state index contributed by atoms with van der Waals surface area (Å²) < 4.78 is 4.53. The number of thiophene rings is 1. The smallest absolute Gasteiger partial charge is 0.338 e. The summed E-state index contributed by atoms with van der Waals surface area (Å²) in [6.45, 7) is 0. The number of benzene rings is 1. The molecule has 0 radical (unpaired) electrons. The molecule has 1 heterocycles. The summed E-state index contributed by atoms with van der Waals surface area (Å²) in [5.41, 5.74) is 0.498. The highest BCUT2D eigenvalue weighted by Crippen LogP contribution is 2.14. The standard InChI is InChI=1S/C8H8O2S.C7H8O2S2/c1-10-8(9)6-4-2-3-5-7(6)11;8-7(9)6(10)4-5-2-1-3-11-5/h2-5,11H,1H3;1-3,6,10H,4H2,(H,8,9). The van der Waals surface area contributed by atoms with Crippen LogP contribution in [-0.4, -0.2) is 29.4 Å². The van der Waals surface area contributed by atoms with Gasteiger partial charge in [-0.05, 0) is 23.6 Å². The number of carboxylic acids is 1. The SMILES string of the molecule is COC(=O)c1ccccc1S.O=C(O)C(S)Cc1cccs1. The molecule has 0 bridgehead atoms. The van der Waals surface area contributed by atoms with E-state index < -0.39 is 11.2 Å². The van der Waals surface area contributed by atoms with Crippen molar-refractivity contribution in [2.75, 3.05) is 7.11 Å². The second-order valence-corrected chi connectivity index (χ2v) is 6.28. The van der Waals surface area contributed by atoms with E-state index in [1.165, 1.54) is 7.11 Å². The zero-order chi connectivity index (χ0) is 16.5. The van der Waals surface area contributed by atoms with E-state index in [1.54, 1.807) is 29.5 Å². The Hall–Kier alpha value is -1.44. The topological polar surface area (TPSA) is 63.6 Å². The lowest BCUT2D eigenvalue weighted by Crippen LogP contribution is -2.15. The molecule has 4 nitrogen and oxygen atoms in total. The molecule has 0 saturated heterocycles. The van der Waals surface area contributed by atoms with Crippen LogP contribution in [0, 0.1) is 0 Å². The number of hydrogen-bond donors (Lipinski definition) is 3. The minimum atomic E-state index is -0.860. The minimum absolute atomic E-state index is 0.351. The van der Waals surface area contributed by atoms with Gasteiger partial charge in [-0.2, -0.15) is 12.6 Å². The Labute approximate surface area is 144 Å². The maximum Gasteiger partial charge on any atom is 0.338 e. The first-order valence-corrected chi connectivity index (χ1v) is 8.09. The molecule has 0 fully saturated rings. The second kappa shape index (κ2) is 9.55. The van der Waals surface area contributed by atoms with E-state index in [2.05, 4.69) is 30.0 Å². The zero-order valence-corrected chi connectivity index (χ0v) is 14.4. The molecule has 2 aromatic rings. The van der Waals surface area contributed by atoms with Crippen molar-refractivity contribution in [2.24, 2.45) is 0 Å². The van der Waals surface area contributed by atoms with Gasteiger partial charge < -0.3 is 9.84 Å². The summed E-state index contributed by atoms with van der Waals surface area (Å²) in [4.78, 5) is 23.0. The number of rotatable bonds is 4. The summed E-state index contributed by atoms with van der Waals surface area (Å²) in [6, 6.07) is 10.8. The average Bonchev–Trinajstić information content (AvgIpc) is 3.00. The van der Waals surface area contributed by atoms with E-state index in [0.717, 1.165) is 4.88 Å².